The van der Waals surface area contributed by atoms with Crippen molar-refractivity contribution in [2.45, 2.75) is 51.4 Å². The molecule has 2 aromatic heterocycles. The first-order valence-corrected chi connectivity index (χ1v) is 9.55. The van der Waals surface area contributed by atoms with Crippen molar-refractivity contribution in [2.75, 3.05) is 5.32 Å². The Kier molecular flexibility index (Phi) is 5.53. The number of H-pyrrole nitrogens is 1. The number of carbonyl (C=O) groups is 1. The molecule has 3 rings (SSSR count). The van der Waals surface area contributed by atoms with Gasteiger partial charge in [0.25, 0.3) is 5.56 Å². The van der Waals surface area contributed by atoms with Crippen LogP contribution in [-0.2, 0) is 4.79 Å². The molecule has 25 heavy (non-hydrogen) atoms. The number of aromatic nitrogens is 2. The van der Waals surface area contributed by atoms with Gasteiger partial charge in [0.05, 0.1) is 11.5 Å². The second kappa shape index (κ2) is 7.82. The molecule has 0 spiro atoms. The lowest BCUT2D eigenvalue weighted by Gasteiger charge is -2.26. The molecule has 1 amide bonds. The molecule has 2 aromatic rings. The Morgan fingerprint density at radius 3 is 2.84 bits per heavy atom. The van der Waals surface area contributed by atoms with E-state index in [0.29, 0.717) is 23.2 Å². The van der Waals surface area contributed by atoms with Crippen molar-refractivity contribution in [1.29, 1.82) is 0 Å². The third-order valence-electron chi connectivity index (χ3n) is 4.81. The highest BCUT2D eigenvalue weighted by molar-refractivity contribution is 7.13. The zero-order chi connectivity index (χ0) is 17.8. The van der Waals surface area contributed by atoms with E-state index in [-0.39, 0.29) is 17.2 Å². The van der Waals surface area contributed by atoms with Crippen LogP contribution in [0.1, 0.15) is 55.7 Å². The molecule has 0 radical (unpaired) electrons. The lowest BCUT2D eigenvalue weighted by molar-refractivity contribution is -0.118. The minimum absolute atomic E-state index is 0.114. The molecule has 3 N–H and O–H groups in total. The van der Waals surface area contributed by atoms with Crippen LogP contribution in [0.3, 0.4) is 0 Å². The molecular formula is C18H23N3O3S. The molecule has 1 aliphatic rings. The summed E-state index contributed by atoms with van der Waals surface area (Å²) in [5.74, 6) is -0.696. The van der Waals surface area contributed by atoms with Gasteiger partial charge in [-0.2, -0.15) is 0 Å². The summed E-state index contributed by atoms with van der Waals surface area (Å²) in [6.45, 7) is 1.71. The van der Waals surface area contributed by atoms with E-state index >= 15 is 0 Å². The van der Waals surface area contributed by atoms with Crippen LogP contribution in [0.2, 0.25) is 0 Å². The van der Waals surface area contributed by atoms with E-state index in [1.807, 2.05) is 0 Å². The van der Waals surface area contributed by atoms with Gasteiger partial charge >= 0.3 is 0 Å². The third-order valence-corrected chi connectivity index (χ3v) is 5.49. The van der Waals surface area contributed by atoms with Crippen LogP contribution in [0.15, 0.2) is 22.4 Å². The van der Waals surface area contributed by atoms with Crippen molar-refractivity contribution >= 4 is 22.4 Å². The summed E-state index contributed by atoms with van der Waals surface area (Å²) in [6, 6.07) is 1.50. The van der Waals surface area contributed by atoms with Gasteiger partial charge in [-0.25, -0.2) is 4.98 Å². The molecule has 1 unspecified atom stereocenters. The smallest absolute Gasteiger partial charge is 0.255 e. The molecule has 134 valence electrons. The lowest BCUT2D eigenvalue weighted by Crippen LogP contribution is -2.29. The van der Waals surface area contributed by atoms with E-state index in [1.54, 1.807) is 18.5 Å². The van der Waals surface area contributed by atoms with E-state index in [0.717, 1.165) is 25.7 Å². The number of hydrogen-bond acceptors (Lipinski definition) is 5. The number of hydrogen-bond donors (Lipinski definition) is 3. The summed E-state index contributed by atoms with van der Waals surface area (Å²) in [7, 11) is 0. The Hall–Kier alpha value is -2.15. The van der Waals surface area contributed by atoms with Gasteiger partial charge in [0.2, 0.25) is 5.91 Å². The highest BCUT2D eigenvalue weighted by atomic mass is 32.1. The molecule has 1 saturated carbocycles. The highest BCUT2D eigenvalue weighted by Crippen LogP contribution is 2.35. The number of aromatic amines is 1. The Labute approximate surface area is 150 Å². The van der Waals surface area contributed by atoms with Gasteiger partial charge < -0.3 is 15.4 Å². The fourth-order valence-corrected chi connectivity index (χ4v) is 4.14. The third kappa shape index (κ3) is 4.28. The molecule has 0 aromatic carbocycles. The van der Waals surface area contributed by atoms with Gasteiger partial charge in [-0.1, -0.05) is 32.1 Å². The minimum atomic E-state index is -0.684. The second-order valence-electron chi connectivity index (χ2n) is 6.70. The summed E-state index contributed by atoms with van der Waals surface area (Å²) in [5, 5.41) is 15.4. The van der Waals surface area contributed by atoms with Crippen molar-refractivity contribution in [1.82, 2.24) is 9.97 Å². The average molecular weight is 361 g/mol. The number of rotatable bonds is 5. The average Bonchev–Trinajstić information content (AvgIpc) is 3.07. The number of nitrogens with zero attached hydrogens (tertiary/aromatic N) is 1. The molecular weight excluding hydrogens is 338 g/mol. The van der Waals surface area contributed by atoms with E-state index in [1.165, 1.54) is 23.8 Å². The Morgan fingerprint density at radius 1 is 1.44 bits per heavy atom. The van der Waals surface area contributed by atoms with Crippen LogP contribution in [0.5, 0.6) is 5.75 Å². The lowest BCUT2D eigenvalue weighted by atomic mass is 9.80. The second-order valence-corrected chi connectivity index (χ2v) is 7.59. The molecule has 1 fully saturated rings. The largest absolute Gasteiger partial charge is 0.507 e. The monoisotopic (exact) mass is 361 g/mol. The molecule has 0 aliphatic heterocycles. The summed E-state index contributed by atoms with van der Waals surface area (Å²) in [6.07, 6.45) is 7.84. The number of nitrogens with one attached hydrogen (secondary N) is 2. The maximum absolute atomic E-state index is 12.9. The number of aryl methyl sites for hydroxylation is 1. The quantitative estimate of drug-likeness (QED) is 0.759. The van der Waals surface area contributed by atoms with E-state index in [4.69, 9.17) is 0 Å². The van der Waals surface area contributed by atoms with Crippen LogP contribution in [0.4, 0.5) is 5.13 Å². The SMILES string of the molecule is Cc1cc(O)c(C(CC2CCCCC2)C(=O)Nc2nccs2)c(=O)[nH]1. The Balaban J connectivity index is 1.90. The number of amides is 1. The Morgan fingerprint density at radius 2 is 2.20 bits per heavy atom. The van der Waals surface area contributed by atoms with Crippen LogP contribution in [-0.4, -0.2) is 21.0 Å². The van der Waals surface area contributed by atoms with E-state index in [9.17, 15) is 14.7 Å². The van der Waals surface area contributed by atoms with Gasteiger partial charge in [0.15, 0.2) is 5.13 Å². The van der Waals surface area contributed by atoms with Gasteiger partial charge in [-0.15, -0.1) is 11.3 Å². The molecule has 0 bridgehead atoms. The summed E-state index contributed by atoms with van der Waals surface area (Å²) < 4.78 is 0. The standard InChI is InChI=1S/C18H23N3O3S/c1-11-9-14(22)15(17(24)20-11)13(10-12-5-3-2-4-6-12)16(23)21-18-19-7-8-25-18/h7-9,12-13H,2-6,10H2,1H3,(H,19,21,23)(H2,20,22,24). The predicted molar refractivity (Wildman–Crippen MR) is 98.1 cm³/mol. The van der Waals surface area contributed by atoms with Crippen molar-refractivity contribution in [2.24, 2.45) is 5.92 Å². The Bertz CT molecular complexity index is 779. The number of carbonyl (C=O) groups excluding carboxylic acids is 1. The first kappa shape index (κ1) is 17.7. The summed E-state index contributed by atoms with van der Waals surface area (Å²) in [4.78, 5) is 32.1. The van der Waals surface area contributed by atoms with Crippen LogP contribution >= 0.6 is 11.3 Å². The fraction of sp³-hybridized carbons (Fsp3) is 0.500. The van der Waals surface area contributed by atoms with Crippen molar-refractivity contribution in [3.63, 3.8) is 0 Å². The number of thiazole rings is 1. The highest BCUT2D eigenvalue weighted by Gasteiger charge is 2.30. The molecule has 0 saturated heterocycles. The van der Waals surface area contributed by atoms with Gasteiger partial charge in [-0.3, -0.25) is 9.59 Å². The van der Waals surface area contributed by atoms with Crippen LogP contribution in [0.25, 0.3) is 0 Å². The maximum atomic E-state index is 12.9. The minimum Gasteiger partial charge on any atom is -0.507 e. The van der Waals surface area contributed by atoms with E-state index in [2.05, 4.69) is 15.3 Å². The van der Waals surface area contributed by atoms with Crippen molar-refractivity contribution in [3.8, 4) is 5.75 Å². The first-order chi connectivity index (χ1) is 12.0. The van der Waals surface area contributed by atoms with Gasteiger partial charge in [0.1, 0.15) is 5.75 Å². The van der Waals surface area contributed by atoms with E-state index < -0.39 is 11.5 Å². The molecule has 6 nitrogen and oxygen atoms in total. The zero-order valence-corrected chi connectivity index (χ0v) is 15.1. The molecule has 7 heteroatoms. The molecule has 1 aliphatic carbocycles. The van der Waals surface area contributed by atoms with Crippen LogP contribution in [0, 0.1) is 12.8 Å². The number of pyridine rings is 1. The van der Waals surface area contributed by atoms with Gasteiger partial charge in [0, 0.05) is 17.3 Å². The van der Waals surface area contributed by atoms with Gasteiger partial charge in [-0.05, 0) is 25.3 Å². The zero-order valence-electron chi connectivity index (χ0n) is 14.2. The number of anilines is 1. The predicted octanol–water partition coefficient (Wildman–Crippen LogP) is 3.54. The summed E-state index contributed by atoms with van der Waals surface area (Å²) >= 11 is 1.33. The molecule has 1 atom stereocenters. The topological polar surface area (TPSA) is 95.1 Å². The van der Waals surface area contributed by atoms with Crippen LogP contribution < -0.4 is 10.9 Å². The normalized spacial score (nSPS) is 16.5. The van der Waals surface area contributed by atoms with Crippen molar-refractivity contribution in [3.05, 3.63) is 39.3 Å². The number of aromatic hydroxyl groups is 1. The first-order valence-electron chi connectivity index (χ1n) is 8.67. The van der Waals surface area contributed by atoms with Crippen molar-refractivity contribution < 1.29 is 9.90 Å². The fourth-order valence-electron chi connectivity index (χ4n) is 3.61. The maximum Gasteiger partial charge on any atom is 0.255 e. The summed E-state index contributed by atoms with van der Waals surface area (Å²) in [5.41, 5.74) is 0.334. The molecule has 2 heterocycles.